The predicted molar refractivity (Wildman–Crippen MR) is 58.4 cm³/mol. The van der Waals surface area contributed by atoms with Gasteiger partial charge in [-0.1, -0.05) is 0 Å². The van der Waals surface area contributed by atoms with Gasteiger partial charge in [0, 0.05) is 6.07 Å². The van der Waals surface area contributed by atoms with Crippen molar-refractivity contribution in [3.8, 4) is 11.6 Å². The van der Waals surface area contributed by atoms with Crippen LogP contribution in [-0.4, -0.2) is 31.0 Å². The number of pyridine rings is 1. The van der Waals surface area contributed by atoms with Gasteiger partial charge in [-0.2, -0.15) is 0 Å². The van der Waals surface area contributed by atoms with Crippen LogP contribution in [0.5, 0.6) is 11.6 Å². The summed E-state index contributed by atoms with van der Waals surface area (Å²) in [7, 11) is 1.00. The number of ether oxygens (including phenoxy) is 3. The van der Waals surface area contributed by atoms with E-state index in [9.17, 15) is 26.7 Å². The minimum Gasteiger partial charge on any atom is -0.495 e. The number of carbonyl (C=O) groups is 1. The zero-order valence-electron chi connectivity index (χ0n) is 10.8. The molecule has 0 saturated carbocycles. The minimum atomic E-state index is -5.21. The van der Waals surface area contributed by atoms with Gasteiger partial charge in [-0.3, -0.25) is 0 Å². The first-order chi connectivity index (χ1) is 9.69. The van der Waals surface area contributed by atoms with Gasteiger partial charge in [-0.25, -0.2) is 18.6 Å². The molecule has 1 rings (SSSR count). The Bertz CT molecular complexity index is 518. The molecule has 0 N–H and O–H groups in total. The summed E-state index contributed by atoms with van der Waals surface area (Å²) < 4.78 is 74.8. The van der Waals surface area contributed by atoms with Gasteiger partial charge >= 0.3 is 12.3 Å². The van der Waals surface area contributed by atoms with E-state index in [0.29, 0.717) is 6.07 Å². The van der Waals surface area contributed by atoms with Crippen molar-refractivity contribution < 1.29 is 41.0 Å². The molecule has 0 aliphatic carbocycles. The predicted octanol–water partition coefficient (Wildman–Crippen LogP) is 3.10. The lowest BCUT2D eigenvalue weighted by atomic mass is 10.2. The Kier molecular flexibility index (Phi) is 5.28. The minimum absolute atomic E-state index is 0.136. The molecule has 118 valence electrons. The molecular formula is C11H10F5NO4. The lowest BCUT2D eigenvalue weighted by Crippen LogP contribution is -2.21. The van der Waals surface area contributed by atoms with Crippen molar-refractivity contribution in [3.05, 3.63) is 17.3 Å². The number of halogens is 5. The molecule has 0 bridgehead atoms. The van der Waals surface area contributed by atoms with Crippen LogP contribution in [0.15, 0.2) is 6.07 Å². The maximum absolute atomic E-state index is 12.7. The average molecular weight is 315 g/mol. The number of hydrogen-bond acceptors (Lipinski definition) is 5. The summed E-state index contributed by atoms with van der Waals surface area (Å²) >= 11 is 0. The van der Waals surface area contributed by atoms with E-state index in [0.717, 1.165) is 7.11 Å². The molecule has 0 fully saturated rings. The van der Waals surface area contributed by atoms with Crippen LogP contribution in [-0.2, 0) is 4.74 Å². The summed E-state index contributed by atoms with van der Waals surface area (Å²) in [6.07, 6.45) is -8.42. The highest BCUT2D eigenvalue weighted by atomic mass is 19.4. The van der Waals surface area contributed by atoms with Crippen molar-refractivity contribution in [2.24, 2.45) is 0 Å². The fourth-order valence-electron chi connectivity index (χ4n) is 1.35. The van der Waals surface area contributed by atoms with Gasteiger partial charge in [0.1, 0.15) is 11.3 Å². The summed E-state index contributed by atoms with van der Waals surface area (Å²) in [4.78, 5) is 14.6. The standard InChI is InChI=1S/C11H10F5NO4/c1-3-20-10(18)5-4-6(19-2)7(8(12)13)17-9(5)21-11(14,15)16/h4,8H,3H2,1-2H3. The van der Waals surface area contributed by atoms with Crippen LogP contribution in [0.25, 0.3) is 0 Å². The lowest BCUT2D eigenvalue weighted by Gasteiger charge is -2.15. The van der Waals surface area contributed by atoms with E-state index in [1.54, 1.807) is 0 Å². The highest BCUT2D eigenvalue weighted by Gasteiger charge is 2.35. The molecule has 1 aromatic rings. The Morgan fingerprint density at radius 3 is 2.43 bits per heavy atom. The van der Waals surface area contributed by atoms with Crippen molar-refractivity contribution in [1.29, 1.82) is 0 Å². The molecular weight excluding hydrogens is 305 g/mol. The van der Waals surface area contributed by atoms with E-state index in [2.05, 4.69) is 19.2 Å². The van der Waals surface area contributed by atoms with E-state index in [-0.39, 0.29) is 6.61 Å². The lowest BCUT2D eigenvalue weighted by molar-refractivity contribution is -0.276. The molecule has 0 amide bonds. The Morgan fingerprint density at radius 2 is 2.00 bits per heavy atom. The molecule has 0 aliphatic rings. The molecule has 0 spiro atoms. The zero-order chi connectivity index (χ0) is 16.2. The van der Waals surface area contributed by atoms with Gasteiger partial charge in [0.2, 0.25) is 5.88 Å². The third-order valence-electron chi connectivity index (χ3n) is 2.11. The van der Waals surface area contributed by atoms with E-state index < -0.39 is 41.6 Å². The summed E-state index contributed by atoms with van der Waals surface area (Å²) in [5.41, 5.74) is -1.85. The van der Waals surface area contributed by atoms with Crippen molar-refractivity contribution in [3.63, 3.8) is 0 Å². The second-order valence-electron chi connectivity index (χ2n) is 3.50. The van der Waals surface area contributed by atoms with Gasteiger partial charge in [0.25, 0.3) is 6.43 Å². The molecule has 1 aromatic heterocycles. The fourth-order valence-corrected chi connectivity index (χ4v) is 1.35. The van der Waals surface area contributed by atoms with Crippen LogP contribution in [0.4, 0.5) is 22.0 Å². The van der Waals surface area contributed by atoms with Crippen LogP contribution in [0.3, 0.4) is 0 Å². The summed E-state index contributed by atoms with van der Waals surface area (Å²) in [5.74, 6) is -3.08. The van der Waals surface area contributed by atoms with Crippen molar-refractivity contribution >= 4 is 5.97 Å². The second kappa shape index (κ2) is 6.55. The molecule has 21 heavy (non-hydrogen) atoms. The van der Waals surface area contributed by atoms with E-state index in [4.69, 9.17) is 0 Å². The molecule has 1 heterocycles. The molecule has 0 radical (unpaired) electrons. The number of methoxy groups -OCH3 is 1. The number of carbonyl (C=O) groups excluding carboxylic acids is 1. The number of aromatic nitrogens is 1. The average Bonchev–Trinajstić information content (AvgIpc) is 2.36. The smallest absolute Gasteiger partial charge is 0.495 e. The Labute approximate surface area is 115 Å². The number of alkyl halides is 5. The van der Waals surface area contributed by atoms with Crippen LogP contribution >= 0.6 is 0 Å². The van der Waals surface area contributed by atoms with E-state index in [1.165, 1.54) is 6.92 Å². The number of nitrogens with zero attached hydrogens (tertiary/aromatic N) is 1. The van der Waals surface area contributed by atoms with Crippen molar-refractivity contribution in [1.82, 2.24) is 4.98 Å². The zero-order valence-corrected chi connectivity index (χ0v) is 10.8. The number of esters is 1. The first-order valence-corrected chi connectivity index (χ1v) is 5.49. The van der Waals surface area contributed by atoms with E-state index >= 15 is 0 Å². The van der Waals surface area contributed by atoms with Crippen molar-refractivity contribution in [2.45, 2.75) is 19.7 Å². The summed E-state index contributed by atoms with van der Waals surface area (Å²) in [6.45, 7) is 1.28. The molecule has 0 aliphatic heterocycles. The number of rotatable bonds is 5. The SMILES string of the molecule is CCOC(=O)c1cc(OC)c(C(F)F)nc1OC(F)(F)F. The normalized spacial score (nSPS) is 11.4. The van der Waals surface area contributed by atoms with E-state index in [1.807, 2.05) is 0 Å². The van der Waals surface area contributed by atoms with Gasteiger partial charge < -0.3 is 14.2 Å². The molecule has 5 nitrogen and oxygen atoms in total. The highest BCUT2D eigenvalue weighted by molar-refractivity contribution is 5.92. The Balaban J connectivity index is 3.40. The molecule has 0 unspecified atom stereocenters. The maximum atomic E-state index is 12.7. The van der Waals surface area contributed by atoms with Crippen molar-refractivity contribution in [2.75, 3.05) is 13.7 Å². The molecule has 0 aromatic carbocycles. The van der Waals surface area contributed by atoms with Gasteiger partial charge in [0.15, 0.2) is 5.69 Å². The van der Waals surface area contributed by atoms with Crippen LogP contribution < -0.4 is 9.47 Å². The van der Waals surface area contributed by atoms with Crippen LogP contribution in [0.1, 0.15) is 29.4 Å². The topological polar surface area (TPSA) is 57.7 Å². The molecule has 0 saturated heterocycles. The Hall–Kier alpha value is -2.13. The summed E-state index contributed by atoms with van der Waals surface area (Å²) in [5, 5.41) is 0. The first-order valence-electron chi connectivity index (χ1n) is 5.49. The maximum Gasteiger partial charge on any atom is 0.574 e. The number of hydrogen-bond donors (Lipinski definition) is 0. The molecule has 10 heteroatoms. The van der Waals surface area contributed by atoms with Crippen LogP contribution in [0, 0.1) is 0 Å². The van der Waals surface area contributed by atoms with Gasteiger partial charge in [0.05, 0.1) is 13.7 Å². The van der Waals surface area contributed by atoms with Gasteiger partial charge in [-0.05, 0) is 6.92 Å². The third-order valence-corrected chi connectivity index (χ3v) is 2.11. The highest BCUT2D eigenvalue weighted by Crippen LogP contribution is 2.34. The summed E-state index contributed by atoms with van der Waals surface area (Å²) in [6, 6.07) is 0.660. The largest absolute Gasteiger partial charge is 0.574 e. The first kappa shape index (κ1) is 16.9. The van der Waals surface area contributed by atoms with Gasteiger partial charge in [-0.15, -0.1) is 13.2 Å². The quantitative estimate of drug-likeness (QED) is 0.617. The van der Waals surface area contributed by atoms with Crippen LogP contribution in [0.2, 0.25) is 0 Å². The molecule has 0 atom stereocenters. The second-order valence-corrected chi connectivity index (χ2v) is 3.50. The fraction of sp³-hybridized carbons (Fsp3) is 0.455. The Morgan fingerprint density at radius 1 is 1.38 bits per heavy atom. The third kappa shape index (κ3) is 4.43. The monoisotopic (exact) mass is 315 g/mol.